The van der Waals surface area contributed by atoms with E-state index in [1.165, 1.54) is 19.8 Å². The predicted octanol–water partition coefficient (Wildman–Crippen LogP) is 3.28. The standard InChI is InChI=1S/C18H29ClN8O.C2H6.CH4S/c1-3-12-10-26(8-9-27(12)13-4-6-23-7-5-13)18-15(19)24-14(16(21)25-18)17(22)28-11(2)20;2*1-2/h12-13,20,22-23H,3-10H2,1-2H3,(H2,21,25);1-2H3;2H,1H3/t12-;;/m0../s1. The molecule has 182 valence electrons. The highest BCUT2D eigenvalue weighted by Gasteiger charge is 2.33. The van der Waals surface area contributed by atoms with Crippen molar-refractivity contribution in [3.8, 4) is 0 Å². The van der Waals surface area contributed by atoms with Gasteiger partial charge in [-0.25, -0.2) is 9.97 Å². The Kier molecular flexibility index (Phi) is 12.9. The number of hydrogen-bond acceptors (Lipinski definition) is 10. The fraction of sp³-hybridized carbons (Fsp3) is 0.714. The molecule has 11 heteroatoms. The first-order valence-electron chi connectivity index (χ1n) is 11.2. The van der Waals surface area contributed by atoms with E-state index in [4.69, 9.17) is 32.9 Å². The number of piperidine rings is 1. The number of nitrogens with one attached hydrogen (secondary N) is 3. The first kappa shape index (κ1) is 28.4. The van der Waals surface area contributed by atoms with Crippen LogP contribution in [-0.4, -0.2) is 77.7 Å². The lowest BCUT2D eigenvalue weighted by Gasteiger charge is -2.46. The number of nitrogen functional groups attached to an aromatic ring is 1. The van der Waals surface area contributed by atoms with Gasteiger partial charge < -0.3 is 20.7 Å². The highest BCUT2D eigenvalue weighted by atomic mass is 35.5. The summed E-state index contributed by atoms with van der Waals surface area (Å²) < 4.78 is 4.97. The summed E-state index contributed by atoms with van der Waals surface area (Å²) in [4.78, 5) is 13.4. The third kappa shape index (κ3) is 7.47. The molecule has 1 aromatic heterocycles. The van der Waals surface area contributed by atoms with Crippen LogP contribution in [0.4, 0.5) is 11.6 Å². The lowest BCUT2D eigenvalue weighted by Crippen LogP contribution is -2.58. The van der Waals surface area contributed by atoms with E-state index in [9.17, 15) is 0 Å². The first-order valence-corrected chi connectivity index (χ1v) is 12.5. The van der Waals surface area contributed by atoms with Gasteiger partial charge in [-0.3, -0.25) is 15.7 Å². The molecule has 0 radical (unpaired) electrons. The third-order valence-electron chi connectivity index (χ3n) is 5.41. The summed E-state index contributed by atoms with van der Waals surface area (Å²) in [6.07, 6.45) is 5.12. The van der Waals surface area contributed by atoms with E-state index in [2.05, 4.69) is 44.6 Å². The molecule has 2 fully saturated rings. The minimum Gasteiger partial charge on any atom is -0.424 e. The van der Waals surface area contributed by atoms with Crippen molar-refractivity contribution in [2.24, 2.45) is 0 Å². The van der Waals surface area contributed by atoms with Gasteiger partial charge in [0.2, 0.25) is 5.90 Å². The number of thiol groups is 1. The SMILES string of the molecule is CC.CC[C@H]1CN(c2nc(N)c(C(=N)OC(C)=N)nc2Cl)CCN1C1CCNCC1.CS. The summed E-state index contributed by atoms with van der Waals surface area (Å²) in [6, 6.07) is 1.06. The second kappa shape index (κ2) is 14.5. The molecule has 5 N–H and O–H groups in total. The smallest absolute Gasteiger partial charge is 0.243 e. The Morgan fingerprint density at radius 3 is 2.41 bits per heavy atom. The average Bonchev–Trinajstić information content (AvgIpc) is 2.82. The molecule has 0 bridgehead atoms. The van der Waals surface area contributed by atoms with E-state index in [1.807, 2.05) is 13.8 Å². The van der Waals surface area contributed by atoms with Crippen LogP contribution < -0.4 is 16.0 Å². The molecule has 1 aromatic rings. The summed E-state index contributed by atoms with van der Waals surface area (Å²) in [5, 5.41) is 18.9. The van der Waals surface area contributed by atoms with Crippen molar-refractivity contribution in [2.45, 2.75) is 59.0 Å². The lowest BCUT2D eigenvalue weighted by atomic mass is 9.99. The van der Waals surface area contributed by atoms with E-state index in [0.29, 0.717) is 17.9 Å². The highest BCUT2D eigenvalue weighted by molar-refractivity contribution is 7.79. The molecule has 32 heavy (non-hydrogen) atoms. The third-order valence-corrected chi connectivity index (χ3v) is 5.66. The molecule has 0 aliphatic carbocycles. The second-order valence-corrected chi connectivity index (χ2v) is 7.64. The van der Waals surface area contributed by atoms with Crippen molar-refractivity contribution in [3.63, 3.8) is 0 Å². The molecule has 1 atom stereocenters. The van der Waals surface area contributed by atoms with E-state index in [0.717, 1.165) is 39.1 Å². The zero-order valence-electron chi connectivity index (χ0n) is 19.9. The van der Waals surface area contributed by atoms with Crippen molar-refractivity contribution >= 4 is 47.7 Å². The van der Waals surface area contributed by atoms with Crippen LogP contribution >= 0.6 is 24.2 Å². The fourth-order valence-electron chi connectivity index (χ4n) is 4.03. The van der Waals surface area contributed by atoms with Crippen LogP contribution in [0.25, 0.3) is 0 Å². The van der Waals surface area contributed by atoms with Crippen molar-refractivity contribution in [3.05, 3.63) is 10.8 Å². The van der Waals surface area contributed by atoms with E-state index >= 15 is 0 Å². The van der Waals surface area contributed by atoms with Gasteiger partial charge in [-0.15, -0.1) is 0 Å². The minimum absolute atomic E-state index is 0.0562. The van der Waals surface area contributed by atoms with Gasteiger partial charge in [-0.1, -0.05) is 32.4 Å². The Hall–Kier alpha value is -1.62. The van der Waals surface area contributed by atoms with E-state index < -0.39 is 0 Å². The summed E-state index contributed by atoms with van der Waals surface area (Å²) in [5.74, 6) is 0.185. The Morgan fingerprint density at radius 1 is 1.22 bits per heavy atom. The van der Waals surface area contributed by atoms with Gasteiger partial charge in [0.1, 0.15) is 0 Å². The van der Waals surface area contributed by atoms with Gasteiger partial charge in [0.15, 0.2) is 28.4 Å². The Bertz CT molecular complexity index is 745. The van der Waals surface area contributed by atoms with Crippen molar-refractivity contribution in [1.29, 1.82) is 10.8 Å². The maximum atomic E-state index is 7.88. The molecule has 3 rings (SSSR count). The highest BCUT2D eigenvalue weighted by Crippen LogP contribution is 2.29. The first-order chi connectivity index (χ1) is 15.4. The number of hydrogen-bond donors (Lipinski definition) is 5. The largest absolute Gasteiger partial charge is 0.424 e. The zero-order valence-corrected chi connectivity index (χ0v) is 21.6. The predicted molar refractivity (Wildman–Crippen MR) is 138 cm³/mol. The van der Waals surface area contributed by atoms with Crippen molar-refractivity contribution in [1.82, 2.24) is 20.2 Å². The molecule has 0 aromatic carbocycles. The van der Waals surface area contributed by atoms with Gasteiger partial charge in [0, 0.05) is 38.6 Å². The number of piperazine rings is 1. The van der Waals surface area contributed by atoms with Crippen LogP contribution in [0.2, 0.25) is 5.15 Å². The van der Waals surface area contributed by atoms with Crippen LogP contribution in [0.5, 0.6) is 0 Å². The van der Waals surface area contributed by atoms with Gasteiger partial charge in [-0.2, -0.15) is 12.6 Å². The number of aromatic nitrogens is 2. The number of ether oxygens (including phenoxy) is 1. The van der Waals surface area contributed by atoms with Gasteiger partial charge in [-0.05, 0) is 38.6 Å². The molecule has 0 amide bonds. The van der Waals surface area contributed by atoms with Gasteiger partial charge in [0.25, 0.3) is 0 Å². The summed E-state index contributed by atoms with van der Waals surface area (Å²) in [6.45, 7) is 12.4. The molecule has 2 aliphatic rings. The number of anilines is 2. The molecule has 2 aliphatic heterocycles. The topological polar surface area (TPSA) is 127 Å². The molecular formula is C21H39ClN8OS. The minimum atomic E-state index is -0.326. The maximum absolute atomic E-state index is 7.88. The molecular weight excluding hydrogens is 448 g/mol. The molecule has 9 nitrogen and oxygen atoms in total. The van der Waals surface area contributed by atoms with Crippen LogP contribution in [-0.2, 0) is 4.74 Å². The number of rotatable bonds is 4. The van der Waals surface area contributed by atoms with E-state index in [1.54, 1.807) is 6.26 Å². The second-order valence-electron chi connectivity index (χ2n) is 7.29. The van der Waals surface area contributed by atoms with Gasteiger partial charge >= 0.3 is 0 Å². The van der Waals surface area contributed by atoms with Gasteiger partial charge in [0.05, 0.1) is 0 Å². The van der Waals surface area contributed by atoms with Crippen LogP contribution in [0.3, 0.4) is 0 Å². The number of halogens is 1. The molecule has 0 spiro atoms. The van der Waals surface area contributed by atoms with Crippen LogP contribution in [0, 0.1) is 10.8 Å². The normalized spacial score (nSPS) is 19.2. The average molecular weight is 487 g/mol. The zero-order chi connectivity index (χ0) is 24.3. The summed E-state index contributed by atoms with van der Waals surface area (Å²) >= 11 is 9.92. The molecule has 0 unspecified atom stereocenters. The molecule has 2 saturated heterocycles. The number of nitrogens with two attached hydrogens (primary N) is 1. The fourth-order valence-corrected chi connectivity index (χ4v) is 4.28. The molecule has 0 saturated carbocycles. The molecule has 3 heterocycles. The lowest BCUT2D eigenvalue weighted by molar-refractivity contribution is 0.0936. The quantitative estimate of drug-likeness (QED) is 0.251. The van der Waals surface area contributed by atoms with E-state index in [-0.39, 0.29) is 28.5 Å². The van der Waals surface area contributed by atoms with Crippen molar-refractivity contribution in [2.75, 3.05) is 49.6 Å². The van der Waals surface area contributed by atoms with Crippen molar-refractivity contribution < 1.29 is 4.74 Å². The summed E-state index contributed by atoms with van der Waals surface area (Å²) in [5.41, 5.74) is 6.07. The number of nitrogens with zero attached hydrogens (tertiary/aromatic N) is 4. The monoisotopic (exact) mass is 486 g/mol. The maximum Gasteiger partial charge on any atom is 0.243 e. The Balaban J connectivity index is 0.00000121. The van der Waals surface area contributed by atoms with Crippen LogP contribution in [0.1, 0.15) is 52.7 Å². The summed E-state index contributed by atoms with van der Waals surface area (Å²) in [7, 11) is 0. The Labute approximate surface area is 202 Å². The van der Waals surface area contributed by atoms with Crippen LogP contribution in [0.15, 0.2) is 0 Å². The Morgan fingerprint density at radius 2 is 1.84 bits per heavy atom.